The molecule has 2 amide bonds. The minimum Gasteiger partial charge on any atom is -0.435 e. The summed E-state index contributed by atoms with van der Waals surface area (Å²) < 4.78 is 29.4. The number of aromatic nitrogens is 1. The van der Waals surface area contributed by atoms with Crippen LogP contribution < -0.4 is 15.4 Å². The van der Waals surface area contributed by atoms with E-state index in [0.29, 0.717) is 29.5 Å². The maximum atomic E-state index is 12.5. The average molecular weight is 499 g/mol. The number of benzene rings is 1. The largest absolute Gasteiger partial charge is 0.435 e. The van der Waals surface area contributed by atoms with E-state index in [1.165, 1.54) is 18.3 Å². The van der Waals surface area contributed by atoms with Crippen LogP contribution in [0.2, 0.25) is 0 Å². The number of alkyl halides is 2. The molecule has 192 valence electrons. The number of aryl methyl sites for hydroxylation is 1. The molecule has 0 saturated heterocycles. The monoisotopic (exact) mass is 498 g/mol. The number of halogens is 2. The summed E-state index contributed by atoms with van der Waals surface area (Å²) in [5.74, 6) is 0.282. The fourth-order valence-electron chi connectivity index (χ4n) is 3.00. The van der Waals surface area contributed by atoms with Crippen LogP contribution in [0.1, 0.15) is 38.3 Å². The number of ether oxygens (including phenoxy) is 1. The Kier molecular flexibility index (Phi) is 11.4. The van der Waals surface area contributed by atoms with Crippen molar-refractivity contribution in [3.63, 3.8) is 0 Å². The number of anilines is 1. The van der Waals surface area contributed by atoms with E-state index in [2.05, 4.69) is 25.3 Å². The van der Waals surface area contributed by atoms with E-state index in [0.717, 1.165) is 17.6 Å². The third kappa shape index (κ3) is 9.36. The second kappa shape index (κ2) is 14.4. The normalized spacial score (nSPS) is 13.1. The standard InChI is InChI=1S/C26H32F2N6O2/c1-5-17(3)12-22(32-24-18(4)10-11-23(33-24)34-26(35)31-6-2)20(14-29)16-30-15-19-8-7-9-21(13-19)36-25(27)28/h7-14,16,20,25,29H,5-6,15H2,1-4H3,(H2,31,33,34,35). The van der Waals surface area contributed by atoms with Gasteiger partial charge in [-0.15, -0.1) is 0 Å². The molecule has 2 aromatic rings. The molecule has 1 unspecified atom stereocenters. The van der Waals surface area contributed by atoms with Crippen LogP contribution >= 0.6 is 0 Å². The zero-order valence-corrected chi connectivity index (χ0v) is 20.9. The maximum Gasteiger partial charge on any atom is 0.387 e. The van der Waals surface area contributed by atoms with Crippen molar-refractivity contribution >= 4 is 35.8 Å². The molecule has 1 heterocycles. The Labute approximate surface area is 210 Å². The van der Waals surface area contributed by atoms with Crippen LogP contribution in [0.3, 0.4) is 0 Å². The van der Waals surface area contributed by atoms with Crippen molar-refractivity contribution in [2.24, 2.45) is 15.9 Å². The number of pyridine rings is 1. The molecule has 10 heteroatoms. The molecule has 0 aliphatic heterocycles. The van der Waals surface area contributed by atoms with Gasteiger partial charge < -0.3 is 15.5 Å². The van der Waals surface area contributed by atoms with Gasteiger partial charge in [0.1, 0.15) is 11.6 Å². The summed E-state index contributed by atoms with van der Waals surface area (Å²) in [7, 11) is 0. The number of aliphatic imine (C=N–C) groups is 2. The lowest BCUT2D eigenvalue weighted by Crippen LogP contribution is -2.28. The predicted molar refractivity (Wildman–Crippen MR) is 140 cm³/mol. The molecule has 1 aromatic heterocycles. The van der Waals surface area contributed by atoms with Crippen molar-refractivity contribution in [1.29, 1.82) is 5.41 Å². The number of urea groups is 1. The first-order valence-electron chi connectivity index (χ1n) is 11.6. The number of amides is 2. The molecule has 1 aromatic carbocycles. The highest BCUT2D eigenvalue weighted by Crippen LogP contribution is 2.21. The van der Waals surface area contributed by atoms with Crippen LogP contribution in [0.4, 0.5) is 25.2 Å². The molecule has 0 saturated carbocycles. The summed E-state index contributed by atoms with van der Waals surface area (Å²) in [5.41, 5.74) is 3.11. The summed E-state index contributed by atoms with van der Waals surface area (Å²) in [5, 5.41) is 13.3. The van der Waals surface area contributed by atoms with Crippen molar-refractivity contribution in [3.05, 3.63) is 59.2 Å². The van der Waals surface area contributed by atoms with E-state index in [-0.39, 0.29) is 18.3 Å². The summed E-state index contributed by atoms with van der Waals surface area (Å²) in [6.07, 6.45) is 5.51. The van der Waals surface area contributed by atoms with Crippen molar-refractivity contribution in [2.45, 2.75) is 47.3 Å². The van der Waals surface area contributed by atoms with Crippen LogP contribution in [-0.2, 0) is 6.54 Å². The lowest BCUT2D eigenvalue weighted by Gasteiger charge is -2.11. The molecule has 3 N–H and O–H groups in total. The van der Waals surface area contributed by atoms with E-state index < -0.39 is 12.5 Å². The van der Waals surface area contributed by atoms with Crippen LogP contribution in [0, 0.1) is 18.3 Å². The van der Waals surface area contributed by atoms with Crippen LogP contribution in [0.5, 0.6) is 5.75 Å². The van der Waals surface area contributed by atoms with Gasteiger partial charge in [-0.2, -0.15) is 8.78 Å². The molecule has 36 heavy (non-hydrogen) atoms. The minimum absolute atomic E-state index is 0.0627. The van der Waals surface area contributed by atoms with E-state index in [1.54, 1.807) is 24.4 Å². The van der Waals surface area contributed by atoms with Gasteiger partial charge in [0.15, 0.2) is 5.82 Å². The first-order chi connectivity index (χ1) is 17.2. The van der Waals surface area contributed by atoms with E-state index in [9.17, 15) is 13.6 Å². The first kappa shape index (κ1) is 28.3. The number of allylic oxidation sites excluding steroid dienone is 2. The maximum absolute atomic E-state index is 12.5. The number of hydrogen-bond acceptors (Lipinski definition) is 6. The fraction of sp³-hybridized carbons (Fsp3) is 0.346. The second-order valence-corrected chi connectivity index (χ2v) is 7.91. The second-order valence-electron chi connectivity index (χ2n) is 7.91. The first-order valence-corrected chi connectivity index (χ1v) is 11.6. The third-order valence-electron chi connectivity index (χ3n) is 5.02. The predicted octanol–water partition coefficient (Wildman–Crippen LogP) is 6.10. The molecule has 0 fully saturated rings. The van der Waals surface area contributed by atoms with E-state index >= 15 is 0 Å². The number of carbonyl (C=O) groups is 1. The molecule has 0 aliphatic rings. The molecular weight excluding hydrogens is 466 g/mol. The zero-order valence-electron chi connectivity index (χ0n) is 20.9. The van der Waals surface area contributed by atoms with Gasteiger partial charge in [-0.1, -0.05) is 30.7 Å². The van der Waals surface area contributed by atoms with Crippen molar-refractivity contribution in [1.82, 2.24) is 10.3 Å². The SMILES string of the molecule is CCNC(=O)Nc1ccc(C)c(N=C(C=C(C)CC)C(C=N)C=NCc2cccc(OC(F)F)c2)n1. The number of rotatable bonds is 12. The summed E-state index contributed by atoms with van der Waals surface area (Å²) in [4.78, 5) is 25.5. The van der Waals surface area contributed by atoms with Gasteiger partial charge in [0.2, 0.25) is 0 Å². The van der Waals surface area contributed by atoms with Crippen LogP contribution in [0.25, 0.3) is 0 Å². The molecule has 0 aliphatic carbocycles. The number of carbonyl (C=O) groups excluding carboxylic acids is 1. The van der Waals surface area contributed by atoms with Crippen molar-refractivity contribution in [2.75, 3.05) is 11.9 Å². The Morgan fingerprint density at radius 2 is 2.03 bits per heavy atom. The van der Waals surface area contributed by atoms with Gasteiger partial charge in [0, 0.05) is 19.0 Å². The van der Waals surface area contributed by atoms with Crippen molar-refractivity contribution in [3.8, 4) is 5.75 Å². The summed E-state index contributed by atoms with van der Waals surface area (Å²) in [6, 6.07) is 9.46. The molecule has 0 bridgehead atoms. The Balaban J connectivity index is 2.33. The van der Waals surface area contributed by atoms with Gasteiger partial charge in [0.25, 0.3) is 0 Å². The lowest BCUT2D eigenvalue weighted by molar-refractivity contribution is -0.0498. The lowest BCUT2D eigenvalue weighted by atomic mass is 10.0. The Hall–Kier alpha value is -3.95. The zero-order chi connectivity index (χ0) is 26.5. The number of hydrogen-bond donors (Lipinski definition) is 3. The van der Waals surface area contributed by atoms with E-state index in [1.807, 2.05) is 39.8 Å². The average Bonchev–Trinajstić information content (AvgIpc) is 2.83. The molecule has 8 nitrogen and oxygen atoms in total. The molecule has 2 rings (SSSR count). The molecule has 1 atom stereocenters. The highest BCUT2D eigenvalue weighted by molar-refractivity contribution is 6.16. The quantitative estimate of drug-likeness (QED) is 0.307. The highest BCUT2D eigenvalue weighted by Gasteiger charge is 2.13. The fourth-order valence-corrected chi connectivity index (χ4v) is 3.00. The Morgan fingerprint density at radius 1 is 1.25 bits per heavy atom. The minimum atomic E-state index is -2.90. The van der Waals surface area contributed by atoms with Crippen LogP contribution in [-0.4, -0.2) is 42.3 Å². The van der Waals surface area contributed by atoms with Gasteiger partial charge in [-0.05, 0) is 62.6 Å². The van der Waals surface area contributed by atoms with E-state index in [4.69, 9.17) is 10.4 Å². The van der Waals surface area contributed by atoms with Gasteiger partial charge >= 0.3 is 12.6 Å². The molecule has 0 radical (unpaired) electrons. The third-order valence-corrected chi connectivity index (χ3v) is 5.02. The van der Waals surface area contributed by atoms with Gasteiger partial charge in [0.05, 0.1) is 18.2 Å². The molecule has 0 spiro atoms. The Morgan fingerprint density at radius 3 is 2.69 bits per heavy atom. The summed E-state index contributed by atoms with van der Waals surface area (Å²) >= 11 is 0. The topological polar surface area (TPSA) is 112 Å². The van der Waals surface area contributed by atoms with Gasteiger partial charge in [-0.3, -0.25) is 10.3 Å². The number of nitrogens with zero attached hydrogens (tertiary/aromatic N) is 3. The summed E-state index contributed by atoms with van der Waals surface area (Å²) in [6.45, 7) is 5.47. The number of nitrogens with one attached hydrogen (secondary N) is 3. The Bertz CT molecular complexity index is 1130. The highest BCUT2D eigenvalue weighted by atomic mass is 19.3. The van der Waals surface area contributed by atoms with Crippen LogP contribution in [0.15, 0.2) is 58.0 Å². The van der Waals surface area contributed by atoms with Crippen molar-refractivity contribution < 1.29 is 18.3 Å². The molecular formula is C26H32F2N6O2. The smallest absolute Gasteiger partial charge is 0.387 e. The van der Waals surface area contributed by atoms with Gasteiger partial charge in [-0.25, -0.2) is 14.8 Å².